The van der Waals surface area contributed by atoms with Gasteiger partial charge in [-0.05, 0) is 41.2 Å². The molecular weight excluding hydrogens is 234 g/mol. The Kier molecular flexibility index (Phi) is 3.27. The first-order valence-corrected chi connectivity index (χ1v) is 6.74. The zero-order valence-electron chi connectivity index (χ0n) is 11.2. The summed E-state index contributed by atoms with van der Waals surface area (Å²) in [6.07, 6.45) is 2.89. The van der Waals surface area contributed by atoms with Gasteiger partial charge in [0.25, 0.3) is 0 Å². The molecule has 0 amide bonds. The average Bonchev–Trinajstić information content (AvgIpc) is 2.74. The molecule has 96 valence electrons. The quantitative estimate of drug-likeness (QED) is 0.901. The van der Waals surface area contributed by atoms with Crippen LogP contribution < -0.4 is 5.32 Å². The maximum absolute atomic E-state index is 6.14. The summed E-state index contributed by atoms with van der Waals surface area (Å²) in [6.45, 7) is 8.63. The minimum absolute atomic E-state index is 0.0628. The highest BCUT2D eigenvalue weighted by molar-refractivity contribution is 6.99. The van der Waals surface area contributed by atoms with Crippen LogP contribution in [-0.4, -0.2) is 27.0 Å². The molecule has 5 heteroatoms. The van der Waals surface area contributed by atoms with Gasteiger partial charge in [-0.25, -0.2) is 0 Å². The Labute approximate surface area is 107 Å². The second-order valence-electron chi connectivity index (χ2n) is 5.87. The molecule has 0 spiro atoms. The fraction of sp³-hybridized carbons (Fsp3) is 0.833. The van der Waals surface area contributed by atoms with Crippen LogP contribution in [-0.2, 0) is 4.74 Å². The first-order valence-electron chi connectivity index (χ1n) is 6.01. The molecule has 1 aromatic heterocycles. The first-order chi connectivity index (χ1) is 7.86. The Hall–Kier alpha value is -0.520. The first kappa shape index (κ1) is 12.9. The van der Waals surface area contributed by atoms with Crippen LogP contribution >= 0.6 is 11.7 Å². The van der Waals surface area contributed by atoms with E-state index in [4.69, 9.17) is 4.74 Å². The summed E-state index contributed by atoms with van der Waals surface area (Å²) in [5, 5.41) is 3.36. The summed E-state index contributed by atoms with van der Waals surface area (Å²) < 4.78 is 14.6. The summed E-state index contributed by atoms with van der Waals surface area (Å²) >= 11 is 1.26. The van der Waals surface area contributed by atoms with Crippen LogP contribution in [0.4, 0.5) is 0 Å². The summed E-state index contributed by atoms with van der Waals surface area (Å²) in [6, 6.07) is 0.213. The van der Waals surface area contributed by atoms with Crippen LogP contribution in [0.5, 0.6) is 0 Å². The van der Waals surface area contributed by atoms with E-state index in [9.17, 15) is 0 Å². The molecule has 2 heterocycles. The van der Waals surface area contributed by atoms with E-state index in [0.717, 1.165) is 12.1 Å². The van der Waals surface area contributed by atoms with Gasteiger partial charge in [-0.3, -0.25) is 0 Å². The summed E-state index contributed by atoms with van der Waals surface area (Å²) in [7, 11) is 1.98. The molecule has 0 saturated carbocycles. The molecule has 2 unspecified atom stereocenters. The van der Waals surface area contributed by atoms with E-state index in [-0.39, 0.29) is 17.2 Å². The number of rotatable bonds is 3. The Morgan fingerprint density at radius 2 is 2.18 bits per heavy atom. The molecule has 1 aliphatic rings. The van der Waals surface area contributed by atoms with Gasteiger partial charge in [0.15, 0.2) is 0 Å². The zero-order chi connectivity index (χ0) is 12.7. The maximum atomic E-state index is 6.14. The van der Waals surface area contributed by atoms with Gasteiger partial charge >= 0.3 is 0 Å². The number of nitrogens with one attached hydrogen (secondary N) is 1. The van der Waals surface area contributed by atoms with Gasteiger partial charge in [0.05, 0.1) is 40.9 Å². The van der Waals surface area contributed by atoms with E-state index < -0.39 is 0 Å². The minimum atomic E-state index is -0.138. The molecule has 0 bridgehead atoms. The molecule has 1 fully saturated rings. The number of aromatic nitrogens is 2. The van der Waals surface area contributed by atoms with E-state index in [1.807, 2.05) is 13.2 Å². The van der Waals surface area contributed by atoms with E-state index in [1.165, 1.54) is 11.7 Å². The van der Waals surface area contributed by atoms with Gasteiger partial charge < -0.3 is 10.1 Å². The largest absolute Gasteiger partial charge is 0.369 e. The molecule has 2 rings (SSSR count). The van der Waals surface area contributed by atoms with Gasteiger partial charge in [0.2, 0.25) is 0 Å². The molecule has 1 aliphatic heterocycles. The minimum Gasteiger partial charge on any atom is -0.369 e. The highest BCUT2D eigenvalue weighted by Gasteiger charge is 2.49. The van der Waals surface area contributed by atoms with Crippen LogP contribution in [0.3, 0.4) is 0 Å². The van der Waals surface area contributed by atoms with Crippen molar-refractivity contribution >= 4 is 11.7 Å². The number of hydrogen-bond acceptors (Lipinski definition) is 5. The standard InChI is InChI=1S/C12H21N3OS/c1-11(2)6-8(12(3,4)16-11)10(13-5)9-7-14-17-15-9/h7-8,10,13H,6H2,1-5H3. The highest BCUT2D eigenvalue weighted by atomic mass is 32.1. The van der Waals surface area contributed by atoms with E-state index in [1.54, 1.807) is 0 Å². The van der Waals surface area contributed by atoms with Crippen molar-refractivity contribution in [2.75, 3.05) is 7.05 Å². The van der Waals surface area contributed by atoms with Crippen LogP contribution in [0.25, 0.3) is 0 Å². The van der Waals surface area contributed by atoms with Crippen LogP contribution in [0, 0.1) is 5.92 Å². The summed E-state index contributed by atoms with van der Waals surface area (Å²) in [4.78, 5) is 0. The third-order valence-corrected chi connectivity index (χ3v) is 4.05. The smallest absolute Gasteiger partial charge is 0.0916 e. The van der Waals surface area contributed by atoms with E-state index in [0.29, 0.717) is 5.92 Å². The van der Waals surface area contributed by atoms with Gasteiger partial charge in [0.1, 0.15) is 0 Å². The van der Waals surface area contributed by atoms with E-state index in [2.05, 4.69) is 41.8 Å². The second-order valence-corrected chi connectivity index (χ2v) is 6.43. The SMILES string of the molecule is CNC(c1cnsn1)C1CC(C)(C)OC1(C)C. The normalized spacial score (nSPS) is 28.2. The number of hydrogen-bond donors (Lipinski definition) is 1. The molecule has 1 aromatic rings. The van der Waals surface area contributed by atoms with Crippen molar-refractivity contribution in [3.8, 4) is 0 Å². The summed E-state index contributed by atoms with van der Waals surface area (Å²) in [5.41, 5.74) is 0.824. The van der Waals surface area contributed by atoms with Crippen molar-refractivity contribution in [3.05, 3.63) is 11.9 Å². The third kappa shape index (κ3) is 2.51. The predicted octanol–water partition coefficient (Wildman–Crippen LogP) is 2.39. The lowest BCUT2D eigenvalue weighted by molar-refractivity contribution is -0.0777. The fourth-order valence-corrected chi connectivity index (χ4v) is 3.45. The summed E-state index contributed by atoms with van der Waals surface area (Å²) in [5.74, 6) is 0.409. The Morgan fingerprint density at radius 3 is 2.59 bits per heavy atom. The van der Waals surface area contributed by atoms with Gasteiger partial charge in [-0.15, -0.1) is 0 Å². The van der Waals surface area contributed by atoms with Crippen molar-refractivity contribution in [3.63, 3.8) is 0 Å². The van der Waals surface area contributed by atoms with Crippen molar-refractivity contribution in [1.82, 2.24) is 14.1 Å². The van der Waals surface area contributed by atoms with Gasteiger partial charge in [-0.1, -0.05) is 0 Å². The molecule has 2 atom stereocenters. The Balaban J connectivity index is 2.26. The molecule has 4 nitrogen and oxygen atoms in total. The Bertz CT molecular complexity index is 375. The number of ether oxygens (including phenoxy) is 1. The van der Waals surface area contributed by atoms with Crippen molar-refractivity contribution < 1.29 is 4.74 Å². The lowest BCUT2D eigenvalue weighted by Gasteiger charge is -2.31. The molecule has 17 heavy (non-hydrogen) atoms. The van der Waals surface area contributed by atoms with Gasteiger partial charge in [0, 0.05) is 5.92 Å². The lowest BCUT2D eigenvalue weighted by Crippen LogP contribution is -2.37. The van der Waals surface area contributed by atoms with E-state index >= 15 is 0 Å². The Morgan fingerprint density at radius 1 is 1.47 bits per heavy atom. The van der Waals surface area contributed by atoms with Crippen molar-refractivity contribution in [2.24, 2.45) is 5.92 Å². The predicted molar refractivity (Wildman–Crippen MR) is 69.1 cm³/mol. The molecule has 1 saturated heterocycles. The fourth-order valence-electron chi connectivity index (χ4n) is 2.99. The molecule has 0 aliphatic carbocycles. The van der Waals surface area contributed by atoms with Gasteiger partial charge in [-0.2, -0.15) is 8.75 Å². The molecule has 0 aromatic carbocycles. The lowest BCUT2D eigenvalue weighted by atomic mass is 9.80. The highest BCUT2D eigenvalue weighted by Crippen LogP contribution is 2.47. The van der Waals surface area contributed by atoms with Crippen LogP contribution in [0.15, 0.2) is 6.20 Å². The molecule has 0 radical (unpaired) electrons. The number of nitrogens with zero attached hydrogens (tertiary/aromatic N) is 2. The van der Waals surface area contributed by atoms with Crippen LogP contribution in [0.1, 0.15) is 45.9 Å². The van der Waals surface area contributed by atoms with Crippen molar-refractivity contribution in [2.45, 2.75) is 51.4 Å². The molecule has 1 N–H and O–H groups in total. The maximum Gasteiger partial charge on any atom is 0.0916 e. The second kappa shape index (κ2) is 4.30. The third-order valence-electron chi connectivity index (χ3n) is 3.55. The van der Waals surface area contributed by atoms with Crippen molar-refractivity contribution in [1.29, 1.82) is 0 Å². The monoisotopic (exact) mass is 255 g/mol. The zero-order valence-corrected chi connectivity index (χ0v) is 12.0. The average molecular weight is 255 g/mol. The molecular formula is C12H21N3OS. The van der Waals surface area contributed by atoms with Crippen LogP contribution in [0.2, 0.25) is 0 Å². The topological polar surface area (TPSA) is 47.0 Å².